The van der Waals surface area contributed by atoms with Gasteiger partial charge in [-0.25, -0.2) is 0 Å². The van der Waals surface area contributed by atoms with Gasteiger partial charge in [0.05, 0.1) is 4.92 Å². The predicted molar refractivity (Wildman–Crippen MR) is 55.9 cm³/mol. The Balaban J connectivity index is 3.08. The zero-order valence-electron chi connectivity index (χ0n) is 9.04. The van der Waals surface area contributed by atoms with Crippen LogP contribution < -0.4 is 0 Å². The highest BCUT2D eigenvalue weighted by molar-refractivity contribution is 5.34. The molecule has 6 heteroatoms. The van der Waals surface area contributed by atoms with Gasteiger partial charge in [-0.1, -0.05) is 0 Å². The molecule has 0 saturated carbocycles. The summed E-state index contributed by atoms with van der Waals surface area (Å²) in [4.78, 5) is 9.97. The molecule has 0 aromatic heterocycles. The number of non-ortho nitro benzene ring substituents is 1. The zero-order chi connectivity index (χ0) is 12.2. The van der Waals surface area contributed by atoms with Gasteiger partial charge < -0.3 is 14.6 Å². The van der Waals surface area contributed by atoms with Crippen molar-refractivity contribution in [1.82, 2.24) is 0 Å². The third-order valence-corrected chi connectivity index (χ3v) is 2.39. The summed E-state index contributed by atoms with van der Waals surface area (Å²) in [5.74, 6) is -1.27. The van der Waals surface area contributed by atoms with Crippen molar-refractivity contribution in [3.8, 4) is 0 Å². The maximum Gasteiger partial charge on any atom is 0.269 e. The number of hydrogen-bond acceptors (Lipinski definition) is 5. The van der Waals surface area contributed by atoms with Crippen LogP contribution in [-0.2, 0) is 15.3 Å². The van der Waals surface area contributed by atoms with Gasteiger partial charge in [-0.05, 0) is 12.1 Å². The van der Waals surface area contributed by atoms with Crippen LogP contribution in [0.25, 0.3) is 0 Å². The average molecular weight is 227 g/mol. The molecule has 0 unspecified atom stereocenters. The van der Waals surface area contributed by atoms with Gasteiger partial charge in [0.25, 0.3) is 5.69 Å². The molecule has 1 rings (SSSR count). The van der Waals surface area contributed by atoms with E-state index in [1.54, 1.807) is 0 Å². The fourth-order valence-electron chi connectivity index (χ4n) is 1.38. The van der Waals surface area contributed by atoms with Crippen molar-refractivity contribution in [2.45, 2.75) is 5.79 Å². The summed E-state index contributed by atoms with van der Waals surface area (Å²) >= 11 is 0. The second-order valence-electron chi connectivity index (χ2n) is 3.12. The molecular weight excluding hydrogens is 214 g/mol. The Morgan fingerprint density at radius 1 is 1.31 bits per heavy atom. The van der Waals surface area contributed by atoms with Crippen LogP contribution >= 0.6 is 0 Å². The van der Waals surface area contributed by atoms with Crippen LogP contribution in [0.1, 0.15) is 5.56 Å². The van der Waals surface area contributed by atoms with Crippen molar-refractivity contribution in [3.05, 3.63) is 39.9 Å². The third kappa shape index (κ3) is 2.19. The zero-order valence-corrected chi connectivity index (χ0v) is 9.04. The number of aliphatic hydroxyl groups excluding tert-OH is 1. The van der Waals surface area contributed by atoms with Gasteiger partial charge in [-0.15, -0.1) is 0 Å². The van der Waals surface area contributed by atoms with Gasteiger partial charge in [0.15, 0.2) is 0 Å². The Kier molecular flexibility index (Phi) is 3.94. The second-order valence-corrected chi connectivity index (χ2v) is 3.12. The highest BCUT2D eigenvalue weighted by atomic mass is 16.7. The second kappa shape index (κ2) is 5.02. The minimum absolute atomic E-state index is 0.0252. The molecule has 1 aromatic rings. The number of nitro groups is 1. The fraction of sp³-hybridized carbons (Fsp3) is 0.400. The molecule has 0 atom stereocenters. The van der Waals surface area contributed by atoms with E-state index in [9.17, 15) is 15.2 Å². The molecule has 0 radical (unpaired) electrons. The van der Waals surface area contributed by atoms with Crippen LogP contribution in [0.3, 0.4) is 0 Å². The van der Waals surface area contributed by atoms with E-state index in [0.29, 0.717) is 5.56 Å². The molecule has 0 bridgehead atoms. The molecule has 88 valence electrons. The standard InChI is InChI=1S/C10H13NO5/c1-15-10(7-12,16-2)8-3-5-9(6-4-8)11(13)14/h3-6,12H,7H2,1-2H3. The maximum absolute atomic E-state index is 10.5. The highest BCUT2D eigenvalue weighted by Crippen LogP contribution is 2.26. The Labute approximate surface area is 92.6 Å². The lowest BCUT2D eigenvalue weighted by Gasteiger charge is -2.28. The van der Waals surface area contributed by atoms with Crippen LogP contribution in [0.4, 0.5) is 5.69 Å². The van der Waals surface area contributed by atoms with Gasteiger partial charge in [-0.2, -0.15) is 0 Å². The molecule has 6 nitrogen and oxygen atoms in total. The van der Waals surface area contributed by atoms with Crippen LogP contribution in [0.2, 0.25) is 0 Å². The summed E-state index contributed by atoms with van der Waals surface area (Å²) in [6.07, 6.45) is 0. The van der Waals surface area contributed by atoms with E-state index in [4.69, 9.17) is 9.47 Å². The quantitative estimate of drug-likeness (QED) is 0.461. The Bertz CT molecular complexity index is 350. The van der Waals surface area contributed by atoms with E-state index in [2.05, 4.69) is 0 Å². The van der Waals surface area contributed by atoms with Crippen LogP contribution in [0, 0.1) is 10.1 Å². The number of rotatable bonds is 5. The average Bonchev–Trinajstić information content (AvgIpc) is 2.33. The predicted octanol–water partition coefficient (Wildman–Crippen LogP) is 1.03. The summed E-state index contributed by atoms with van der Waals surface area (Å²) in [7, 11) is 2.78. The van der Waals surface area contributed by atoms with Crippen molar-refractivity contribution in [1.29, 1.82) is 0 Å². The minimum Gasteiger partial charge on any atom is -0.390 e. The number of nitrogens with zero attached hydrogens (tertiary/aromatic N) is 1. The molecule has 0 aliphatic heterocycles. The molecule has 0 aliphatic carbocycles. The molecular formula is C10H13NO5. The lowest BCUT2D eigenvalue weighted by atomic mass is 10.1. The van der Waals surface area contributed by atoms with Crippen LogP contribution in [0.15, 0.2) is 24.3 Å². The van der Waals surface area contributed by atoms with E-state index < -0.39 is 10.7 Å². The van der Waals surface area contributed by atoms with E-state index in [1.165, 1.54) is 38.5 Å². The van der Waals surface area contributed by atoms with Crippen molar-refractivity contribution in [2.75, 3.05) is 20.8 Å². The largest absolute Gasteiger partial charge is 0.390 e. The summed E-state index contributed by atoms with van der Waals surface area (Å²) in [5.41, 5.74) is 0.494. The first kappa shape index (κ1) is 12.6. The van der Waals surface area contributed by atoms with Gasteiger partial charge in [0.1, 0.15) is 6.61 Å². The first-order valence-electron chi connectivity index (χ1n) is 4.55. The van der Waals surface area contributed by atoms with Crippen molar-refractivity contribution in [2.24, 2.45) is 0 Å². The molecule has 0 saturated heterocycles. The molecule has 0 spiro atoms. The number of aliphatic hydroxyl groups is 1. The summed E-state index contributed by atoms with van der Waals surface area (Å²) in [6.45, 7) is -0.377. The Morgan fingerprint density at radius 3 is 2.12 bits per heavy atom. The first-order chi connectivity index (χ1) is 7.59. The molecule has 0 amide bonds. The number of ether oxygens (including phenoxy) is 2. The summed E-state index contributed by atoms with van der Waals surface area (Å²) in [5, 5.41) is 19.7. The lowest BCUT2D eigenvalue weighted by molar-refractivity contribution is -0.384. The van der Waals surface area contributed by atoms with E-state index in [-0.39, 0.29) is 12.3 Å². The minimum atomic E-state index is -1.27. The molecule has 1 N–H and O–H groups in total. The summed E-state index contributed by atoms with van der Waals surface area (Å²) in [6, 6.07) is 5.64. The molecule has 0 heterocycles. The van der Waals surface area contributed by atoms with E-state index >= 15 is 0 Å². The normalized spacial score (nSPS) is 11.4. The van der Waals surface area contributed by atoms with Gasteiger partial charge in [0.2, 0.25) is 5.79 Å². The molecule has 0 aliphatic rings. The molecule has 1 aromatic carbocycles. The van der Waals surface area contributed by atoms with E-state index in [1.807, 2.05) is 0 Å². The van der Waals surface area contributed by atoms with Gasteiger partial charge in [-0.3, -0.25) is 10.1 Å². The maximum atomic E-state index is 10.5. The topological polar surface area (TPSA) is 81.8 Å². The van der Waals surface area contributed by atoms with Gasteiger partial charge in [0, 0.05) is 31.9 Å². The highest BCUT2D eigenvalue weighted by Gasteiger charge is 2.31. The van der Waals surface area contributed by atoms with Crippen molar-refractivity contribution >= 4 is 5.69 Å². The molecule has 16 heavy (non-hydrogen) atoms. The Morgan fingerprint density at radius 2 is 1.81 bits per heavy atom. The number of hydrogen-bond donors (Lipinski definition) is 1. The fourth-order valence-corrected chi connectivity index (χ4v) is 1.38. The Hall–Kier alpha value is -1.50. The lowest BCUT2D eigenvalue weighted by Crippen LogP contribution is -2.34. The number of nitro benzene ring substituents is 1. The van der Waals surface area contributed by atoms with Crippen molar-refractivity contribution in [3.63, 3.8) is 0 Å². The SMILES string of the molecule is COC(CO)(OC)c1ccc([N+](=O)[O-])cc1. The molecule has 0 fully saturated rings. The van der Waals surface area contributed by atoms with Crippen LogP contribution in [0.5, 0.6) is 0 Å². The third-order valence-electron chi connectivity index (χ3n) is 2.39. The van der Waals surface area contributed by atoms with Crippen LogP contribution in [-0.4, -0.2) is 30.9 Å². The monoisotopic (exact) mass is 227 g/mol. The van der Waals surface area contributed by atoms with Crippen molar-refractivity contribution < 1.29 is 19.5 Å². The first-order valence-corrected chi connectivity index (χ1v) is 4.55. The smallest absolute Gasteiger partial charge is 0.269 e. The van der Waals surface area contributed by atoms with Gasteiger partial charge >= 0.3 is 0 Å². The summed E-state index contributed by atoms with van der Waals surface area (Å²) < 4.78 is 10.2. The number of methoxy groups -OCH3 is 2. The number of benzene rings is 1. The van der Waals surface area contributed by atoms with E-state index in [0.717, 1.165) is 0 Å².